The Hall–Kier alpha value is -2.11. The number of nitrogen functional groups attached to an aromatic ring is 1. The summed E-state index contributed by atoms with van der Waals surface area (Å²) in [5.41, 5.74) is 5.78. The minimum Gasteiger partial charge on any atom is -0.393 e. The molecule has 21 heavy (non-hydrogen) atoms. The highest BCUT2D eigenvalue weighted by molar-refractivity contribution is 5.95. The van der Waals surface area contributed by atoms with Gasteiger partial charge in [0.05, 0.1) is 4.92 Å². The maximum atomic E-state index is 12.5. The second kappa shape index (κ2) is 6.56. The quantitative estimate of drug-likeness (QED) is 0.527. The first-order valence-electron chi connectivity index (χ1n) is 7.36. The number of nitrogens with zero attached hydrogens (tertiary/aromatic N) is 2. The number of rotatable bonds is 3. The SMILES string of the molecule is CCC1CCCN(C(=O)c2ccc(N)c([N+](=O)[O-])c2)CC1. The molecule has 114 valence electrons. The Morgan fingerprint density at radius 2 is 2.19 bits per heavy atom. The van der Waals surface area contributed by atoms with Crippen molar-refractivity contribution in [2.24, 2.45) is 5.92 Å². The molecule has 0 bridgehead atoms. The van der Waals surface area contributed by atoms with Crippen LogP contribution >= 0.6 is 0 Å². The van der Waals surface area contributed by atoms with Crippen molar-refractivity contribution >= 4 is 17.3 Å². The highest BCUT2D eigenvalue weighted by Gasteiger charge is 2.23. The smallest absolute Gasteiger partial charge is 0.292 e. The number of likely N-dealkylation sites (tertiary alicyclic amines) is 1. The van der Waals surface area contributed by atoms with Crippen LogP contribution in [0.4, 0.5) is 11.4 Å². The largest absolute Gasteiger partial charge is 0.393 e. The molecule has 1 aromatic rings. The lowest BCUT2D eigenvalue weighted by Gasteiger charge is -2.20. The first-order valence-corrected chi connectivity index (χ1v) is 7.36. The summed E-state index contributed by atoms with van der Waals surface area (Å²) in [6.07, 6.45) is 4.26. The maximum Gasteiger partial charge on any atom is 0.292 e. The van der Waals surface area contributed by atoms with E-state index in [0.717, 1.165) is 32.2 Å². The molecule has 1 fully saturated rings. The molecule has 1 aliphatic heterocycles. The molecule has 0 spiro atoms. The summed E-state index contributed by atoms with van der Waals surface area (Å²) in [6.45, 7) is 3.61. The Morgan fingerprint density at radius 1 is 1.43 bits per heavy atom. The van der Waals surface area contributed by atoms with Crippen molar-refractivity contribution in [3.8, 4) is 0 Å². The van der Waals surface area contributed by atoms with Crippen LogP contribution in [0.1, 0.15) is 43.0 Å². The van der Waals surface area contributed by atoms with Gasteiger partial charge in [0.1, 0.15) is 5.69 Å². The van der Waals surface area contributed by atoms with E-state index >= 15 is 0 Å². The van der Waals surface area contributed by atoms with Crippen molar-refractivity contribution in [2.75, 3.05) is 18.8 Å². The zero-order chi connectivity index (χ0) is 15.4. The van der Waals surface area contributed by atoms with Gasteiger partial charge in [-0.25, -0.2) is 0 Å². The van der Waals surface area contributed by atoms with Gasteiger partial charge in [-0.1, -0.05) is 13.3 Å². The first kappa shape index (κ1) is 15.3. The van der Waals surface area contributed by atoms with E-state index in [0.29, 0.717) is 18.0 Å². The average molecular weight is 291 g/mol. The number of nitro groups is 1. The van der Waals surface area contributed by atoms with Gasteiger partial charge < -0.3 is 10.6 Å². The van der Waals surface area contributed by atoms with E-state index in [2.05, 4.69) is 6.92 Å². The van der Waals surface area contributed by atoms with E-state index in [1.54, 1.807) is 11.0 Å². The van der Waals surface area contributed by atoms with Gasteiger partial charge in [0.15, 0.2) is 0 Å². The molecule has 0 aliphatic carbocycles. The standard InChI is InChI=1S/C15H21N3O3/c1-2-11-4-3-8-17(9-7-11)15(19)12-5-6-13(16)14(10-12)18(20)21/h5-6,10-11H,2-4,7-9,16H2,1H3. The summed E-state index contributed by atoms with van der Waals surface area (Å²) in [5, 5.41) is 10.9. The van der Waals surface area contributed by atoms with Crippen molar-refractivity contribution in [3.05, 3.63) is 33.9 Å². The van der Waals surface area contributed by atoms with Gasteiger partial charge in [0.25, 0.3) is 11.6 Å². The highest BCUT2D eigenvalue weighted by atomic mass is 16.6. The normalized spacial score (nSPS) is 19.1. The summed E-state index contributed by atoms with van der Waals surface area (Å²) in [6, 6.07) is 4.27. The third-order valence-corrected chi connectivity index (χ3v) is 4.19. The number of benzene rings is 1. The van der Waals surface area contributed by atoms with Crippen molar-refractivity contribution < 1.29 is 9.72 Å². The first-order chi connectivity index (χ1) is 10.0. The number of carbonyl (C=O) groups excluding carboxylic acids is 1. The van der Waals surface area contributed by atoms with Crippen molar-refractivity contribution in [1.82, 2.24) is 4.90 Å². The minimum absolute atomic E-state index is 0.0819. The van der Waals surface area contributed by atoms with Gasteiger partial charge in [0, 0.05) is 24.7 Å². The fourth-order valence-electron chi connectivity index (χ4n) is 2.79. The molecular weight excluding hydrogens is 270 g/mol. The molecule has 0 radical (unpaired) electrons. The molecule has 2 N–H and O–H groups in total. The molecule has 6 heteroatoms. The third kappa shape index (κ3) is 3.51. The van der Waals surface area contributed by atoms with Gasteiger partial charge in [-0.05, 0) is 37.3 Å². The second-order valence-corrected chi connectivity index (χ2v) is 5.53. The molecule has 1 amide bonds. The number of nitro benzene ring substituents is 1. The van der Waals surface area contributed by atoms with Gasteiger partial charge in [-0.15, -0.1) is 0 Å². The molecular formula is C15H21N3O3. The second-order valence-electron chi connectivity index (χ2n) is 5.53. The summed E-state index contributed by atoms with van der Waals surface area (Å²) in [5.74, 6) is 0.526. The summed E-state index contributed by atoms with van der Waals surface area (Å²) < 4.78 is 0. The van der Waals surface area contributed by atoms with Crippen molar-refractivity contribution in [1.29, 1.82) is 0 Å². The topological polar surface area (TPSA) is 89.5 Å². The van der Waals surface area contributed by atoms with E-state index < -0.39 is 4.92 Å². The number of hydrogen-bond acceptors (Lipinski definition) is 4. The molecule has 0 aromatic heterocycles. The van der Waals surface area contributed by atoms with Crippen molar-refractivity contribution in [2.45, 2.75) is 32.6 Å². The predicted octanol–water partition coefficient (Wildman–Crippen LogP) is 2.83. The third-order valence-electron chi connectivity index (χ3n) is 4.19. The number of carbonyl (C=O) groups is 1. The fraction of sp³-hybridized carbons (Fsp3) is 0.533. The zero-order valence-electron chi connectivity index (χ0n) is 12.2. The van der Waals surface area contributed by atoms with Gasteiger partial charge in [-0.3, -0.25) is 14.9 Å². The van der Waals surface area contributed by atoms with E-state index in [9.17, 15) is 14.9 Å². The van der Waals surface area contributed by atoms with Crippen LogP contribution in [-0.4, -0.2) is 28.8 Å². The maximum absolute atomic E-state index is 12.5. The lowest BCUT2D eigenvalue weighted by Crippen LogP contribution is -2.32. The van der Waals surface area contributed by atoms with E-state index in [1.807, 2.05) is 0 Å². The average Bonchev–Trinajstić information content (AvgIpc) is 2.72. The Kier molecular flexibility index (Phi) is 4.77. The molecule has 1 heterocycles. The molecule has 1 unspecified atom stereocenters. The van der Waals surface area contributed by atoms with Crippen LogP contribution in [0.5, 0.6) is 0 Å². The summed E-state index contributed by atoms with van der Waals surface area (Å²) in [4.78, 5) is 24.6. The zero-order valence-corrected chi connectivity index (χ0v) is 12.2. The molecule has 2 rings (SSSR count). The van der Waals surface area contributed by atoms with Crippen LogP contribution in [0.25, 0.3) is 0 Å². The molecule has 0 saturated carbocycles. The molecule has 1 atom stereocenters. The van der Waals surface area contributed by atoms with E-state index in [1.165, 1.54) is 12.1 Å². The Balaban J connectivity index is 2.16. The minimum atomic E-state index is -0.554. The lowest BCUT2D eigenvalue weighted by atomic mass is 9.98. The van der Waals surface area contributed by atoms with Crippen LogP contribution < -0.4 is 5.73 Å². The molecule has 1 saturated heterocycles. The van der Waals surface area contributed by atoms with Crippen LogP contribution in [0.15, 0.2) is 18.2 Å². The fourth-order valence-corrected chi connectivity index (χ4v) is 2.79. The molecule has 6 nitrogen and oxygen atoms in total. The van der Waals surface area contributed by atoms with E-state index in [4.69, 9.17) is 5.73 Å². The molecule has 1 aromatic carbocycles. The van der Waals surface area contributed by atoms with Crippen LogP contribution in [-0.2, 0) is 0 Å². The van der Waals surface area contributed by atoms with E-state index in [-0.39, 0.29) is 17.3 Å². The highest BCUT2D eigenvalue weighted by Crippen LogP contribution is 2.25. The number of hydrogen-bond donors (Lipinski definition) is 1. The number of nitrogens with two attached hydrogens (primary N) is 1. The predicted molar refractivity (Wildman–Crippen MR) is 81.0 cm³/mol. The number of anilines is 1. The Labute approximate surface area is 124 Å². The Bertz CT molecular complexity index is 545. The van der Waals surface area contributed by atoms with Gasteiger partial charge in [0.2, 0.25) is 0 Å². The Morgan fingerprint density at radius 3 is 2.86 bits per heavy atom. The van der Waals surface area contributed by atoms with Crippen LogP contribution in [0.3, 0.4) is 0 Å². The van der Waals surface area contributed by atoms with Gasteiger partial charge in [-0.2, -0.15) is 0 Å². The summed E-state index contributed by atoms with van der Waals surface area (Å²) in [7, 11) is 0. The summed E-state index contributed by atoms with van der Waals surface area (Å²) >= 11 is 0. The van der Waals surface area contributed by atoms with Gasteiger partial charge >= 0.3 is 0 Å². The molecule has 1 aliphatic rings. The van der Waals surface area contributed by atoms with Crippen LogP contribution in [0.2, 0.25) is 0 Å². The number of amides is 1. The van der Waals surface area contributed by atoms with Crippen LogP contribution in [0, 0.1) is 16.0 Å². The monoisotopic (exact) mass is 291 g/mol. The lowest BCUT2D eigenvalue weighted by molar-refractivity contribution is -0.383. The van der Waals surface area contributed by atoms with Crippen molar-refractivity contribution in [3.63, 3.8) is 0 Å².